The van der Waals surface area contributed by atoms with Crippen molar-refractivity contribution in [2.45, 2.75) is 38.9 Å². The number of carbonyl (C=O) groups excluding carboxylic acids is 1. The minimum atomic E-state index is -3.21. The highest BCUT2D eigenvalue weighted by molar-refractivity contribution is 7.91. The molecule has 1 fully saturated rings. The average Bonchev–Trinajstić information content (AvgIpc) is 3.58. The van der Waals surface area contributed by atoms with Crippen LogP contribution in [0.1, 0.15) is 58.2 Å². The zero-order valence-corrected chi connectivity index (χ0v) is 23.3. The second-order valence-electron chi connectivity index (χ2n) is 10.5. The van der Waals surface area contributed by atoms with Crippen LogP contribution in [0.3, 0.4) is 0 Å². The van der Waals surface area contributed by atoms with Gasteiger partial charge in [0.15, 0.2) is 21.3 Å². The Hall–Kier alpha value is -4.11. The van der Waals surface area contributed by atoms with Crippen molar-refractivity contribution in [3.05, 3.63) is 101 Å². The molecule has 1 aromatic heterocycles. The normalized spacial score (nSPS) is 19.6. The van der Waals surface area contributed by atoms with Gasteiger partial charge < -0.3 is 14.7 Å². The third-order valence-corrected chi connectivity index (χ3v) is 9.42. The molecule has 2 aliphatic heterocycles. The van der Waals surface area contributed by atoms with Crippen LogP contribution in [0.25, 0.3) is 11.3 Å². The fourth-order valence-electron chi connectivity index (χ4n) is 5.75. The highest BCUT2D eigenvalue weighted by Gasteiger charge is 2.46. The number of aromatic hydroxyl groups is 1. The first-order valence-electron chi connectivity index (χ1n) is 13.5. The number of carbonyl (C=O) groups is 1. The number of hydrogen-bond donors (Lipinski definition) is 1. The van der Waals surface area contributed by atoms with Crippen molar-refractivity contribution in [2.75, 3.05) is 18.1 Å². The fourth-order valence-corrected chi connectivity index (χ4v) is 7.44. The summed E-state index contributed by atoms with van der Waals surface area (Å²) in [6, 6.07) is 22.0. The Morgan fingerprint density at radius 1 is 1.05 bits per heavy atom. The molecule has 1 saturated heterocycles. The van der Waals surface area contributed by atoms with Crippen molar-refractivity contribution >= 4 is 15.7 Å². The molecular weight excluding hydrogens is 526 g/mol. The second kappa shape index (κ2) is 10.1. The van der Waals surface area contributed by atoms with E-state index in [0.29, 0.717) is 36.7 Å². The Morgan fingerprint density at radius 3 is 2.48 bits per heavy atom. The first-order valence-corrected chi connectivity index (χ1v) is 15.3. The van der Waals surface area contributed by atoms with Gasteiger partial charge in [0.05, 0.1) is 35.9 Å². The van der Waals surface area contributed by atoms with Gasteiger partial charge in [-0.05, 0) is 43.5 Å². The topological polar surface area (TPSA) is 102 Å². The number of hydrogen-bond acceptors (Lipinski definition) is 6. The van der Waals surface area contributed by atoms with Crippen molar-refractivity contribution < 1.29 is 23.1 Å². The van der Waals surface area contributed by atoms with Crippen LogP contribution in [-0.4, -0.2) is 52.2 Å². The summed E-state index contributed by atoms with van der Waals surface area (Å²) < 4.78 is 32.3. The van der Waals surface area contributed by atoms with Gasteiger partial charge in [0, 0.05) is 17.7 Å². The van der Waals surface area contributed by atoms with Crippen LogP contribution in [-0.2, 0) is 16.4 Å². The van der Waals surface area contributed by atoms with Crippen LogP contribution >= 0.6 is 0 Å². The first-order chi connectivity index (χ1) is 19.3. The maximum absolute atomic E-state index is 14.3. The lowest BCUT2D eigenvalue weighted by atomic mass is 9.95. The van der Waals surface area contributed by atoms with E-state index in [1.54, 1.807) is 27.8 Å². The molecule has 2 aliphatic rings. The second-order valence-corrected chi connectivity index (χ2v) is 12.7. The summed E-state index contributed by atoms with van der Waals surface area (Å²) in [7, 11) is -3.21. The van der Waals surface area contributed by atoms with Gasteiger partial charge in [0.2, 0.25) is 0 Å². The lowest BCUT2D eigenvalue weighted by Crippen LogP contribution is -2.30. The number of phenolic OH excluding ortho intramolecular Hbond substituents is 1. The third kappa shape index (κ3) is 4.64. The number of nitrogens with zero attached hydrogens (tertiary/aromatic N) is 3. The quantitative estimate of drug-likeness (QED) is 0.341. The van der Waals surface area contributed by atoms with Crippen LogP contribution in [0.5, 0.6) is 11.5 Å². The van der Waals surface area contributed by atoms with Gasteiger partial charge in [0.25, 0.3) is 5.91 Å². The van der Waals surface area contributed by atoms with Gasteiger partial charge in [0.1, 0.15) is 5.69 Å². The van der Waals surface area contributed by atoms with Crippen LogP contribution in [0.4, 0.5) is 0 Å². The summed E-state index contributed by atoms with van der Waals surface area (Å²) in [6.45, 7) is 4.58. The van der Waals surface area contributed by atoms with E-state index in [4.69, 9.17) is 9.84 Å². The molecular formula is C31H31N3O5S. The van der Waals surface area contributed by atoms with Gasteiger partial charge in [-0.2, -0.15) is 5.10 Å². The van der Waals surface area contributed by atoms with E-state index in [-0.39, 0.29) is 23.2 Å². The molecule has 206 valence electrons. The molecule has 0 bridgehead atoms. The molecule has 6 rings (SSSR count). The molecule has 1 N–H and O–H groups in total. The fraction of sp³-hybridized carbons (Fsp3) is 0.290. The summed E-state index contributed by atoms with van der Waals surface area (Å²) in [5.74, 6) is 0.193. The predicted octanol–water partition coefficient (Wildman–Crippen LogP) is 5.07. The molecule has 0 saturated carbocycles. The number of fused-ring (bicyclic) bond motifs is 1. The molecule has 1 amide bonds. The van der Waals surface area contributed by atoms with E-state index < -0.39 is 21.9 Å². The van der Waals surface area contributed by atoms with E-state index in [2.05, 4.69) is 0 Å². The van der Waals surface area contributed by atoms with Crippen LogP contribution in [0.2, 0.25) is 0 Å². The Balaban J connectivity index is 1.58. The monoisotopic (exact) mass is 557 g/mol. The molecule has 0 radical (unpaired) electrons. The van der Waals surface area contributed by atoms with Gasteiger partial charge in [-0.3, -0.25) is 9.48 Å². The lowest BCUT2D eigenvalue weighted by molar-refractivity contribution is 0.0722. The van der Waals surface area contributed by atoms with E-state index in [1.165, 1.54) is 0 Å². The number of rotatable bonds is 7. The van der Waals surface area contributed by atoms with Crippen LogP contribution < -0.4 is 4.74 Å². The summed E-state index contributed by atoms with van der Waals surface area (Å²) in [5, 5.41) is 15.4. The maximum atomic E-state index is 14.3. The van der Waals surface area contributed by atoms with Gasteiger partial charge in [-0.25, -0.2) is 8.42 Å². The van der Waals surface area contributed by atoms with Gasteiger partial charge in [-0.1, -0.05) is 66.2 Å². The third-order valence-electron chi connectivity index (χ3n) is 7.67. The van der Waals surface area contributed by atoms with E-state index >= 15 is 0 Å². The van der Waals surface area contributed by atoms with E-state index in [1.807, 2.05) is 68.4 Å². The number of amides is 1. The molecule has 3 heterocycles. The number of phenols is 1. The SMILES string of the molecule is CCOc1cc(C2c3c(-c4ccc(C)cc4)nn(C4CCS(=O)(=O)C4)c3C(=O)N2Cc2ccccc2)ccc1O. The molecule has 0 spiro atoms. The minimum absolute atomic E-state index is 0.0235. The van der Waals surface area contributed by atoms with Crippen LogP contribution in [0.15, 0.2) is 72.8 Å². The Kier molecular flexibility index (Phi) is 6.62. The molecule has 8 nitrogen and oxygen atoms in total. The van der Waals surface area contributed by atoms with E-state index in [0.717, 1.165) is 27.8 Å². The number of benzene rings is 3. The predicted molar refractivity (Wildman–Crippen MR) is 152 cm³/mol. The van der Waals surface area contributed by atoms with Gasteiger partial charge in [-0.15, -0.1) is 0 Å². The number of ether oxygens (including phenoxy) is 1. The lowest BCUT2D eigenvalue weighted by Gasteiger charge is -2.27. The largest absolute Gasteiger partial charge is 0.504 e. The average molecular weight is 558 g/mol. The maximum Gasteiger partial charge on any atom is 0.273 e. The van der Waals surface area contributed by atoms with Crippen molar-refractivity contribution in [2.24, 2.45) is 0 Å². The summed E-state index contributed by atoms with van der Waals surface area (Å²) in [5.41, 5.74) is 5.50. The van der Waals surface area contributed by atoms with Crippen molar-refractivity contribution in [1.29, 1.82) is 0 Å². The van der Waals surface area contributed by atoms with Crippen molar-refractivity contribution in [3.8, 4) is 22.8 Å². The highest BCUT2D eigenvalue weighted by atomic mass is 32.2. The summed E-state index contributed by atoms with van der Waals surface area (Å²) in [6.07, 6.45) is 0.411. The molecule has 2 unspecified atom stereocenters. The van der Waals surface area contributed by atoms with Gasteiger partial charge >= 0.3 is 0 Å². The highest BCUT2D eigenvalue weighted by Crippen LogP contribution is 2.47. The van der Waals surface area contributed by atoms with Crippen molar-refractivity contribution in [1.82, 2.24) is 14.7 Å². The van der Waals surface area contributed by atoms with E-state index in [9.17, 15) is 18.3 Å². The Bertz CT molecular complexity index is 1680. The molecule has 4 aromatic rings. The zero-order valence-electron chi connectivity index (χ0n) is 22.4. The zero-order chi connectivity index (χ0) is 28.0. The number of aromatic nitrogens is 2. The molecule has 9 heteroatoms. The summed E-state index contributed by atoms with van der Waals surface area (Å²) >= 11 is 0. The molecule has 40 heavy (non-hydrogen) atoms. The Labute approximate surface area is 233 Å². The minimum Gasteiger partial charge on any atom is -0.504 e. The summed E-state index contributed by atoms with van der Waals surface area (Å²) in [4.78, 5) is 16.1. The number of sulfone groups is 1. The standard InChI is InChI=1S/C31H31N3O5S/c1-3-39-26-17-23(13-14-25(26)35)29-27-28(22-11-9-20(2)10-12-22)32-34(24-15-16-40(37,38)19-24)30(27)31(36)33(29)18-21-7-5-4-6-8-21/h4-14,17,24,29,35H,3,15-16,18-19H2,1-2H3. The smallest absolute Gasteiger partial charge is 0.273 e. The molecule has 3 aromatic carbocycles. The Morgan fingerprint density at radius 2 is 1.80 bits per heavy atom. The molecule has 0 aliphatic carbocycles. The number of aryl methyl sites for hydroxylation is 1. The first kappa shape index (κ1) is 26.1. The van der Waals surface area contributed by atoms with Crippen LogP contribution in [0, 0.1) is 6.92 Å². The molecule has 2 atom stereocenters. The van der Waals surface area contributed by atoms with Crippen molar-refractivity contribution in [3.63, 3.8) is 0 Å².